The van der Waals surface area contributed by atoms with Crippen LogP contribution in [0.15, 0.2) is 0 Å². The van der Waals surface area contributed by atoms with Gasteiger partial charge in [-0.15, -0.1) is 0 Å². The summed E-state index contributed by atoms with van der Waals surface area (Å²) in [7, 11) is -0.628. The van der Waals surface area contributed by atoms with Gasteiger partial charge in [-0.05, 0) is 6.92 Å². The van der Waals surface area contributed by atoms with E-state index in [1.165, 1.54) is 14.1 Å². The first-order valence-corrected chi connectivity index (χ1v) is 5.24. The molecule has 6 nitrogen and oxygen atoms in total. The van der Waals surface area contributed by atoms with Crippen molar-refractivity contribution in [2.75, 3.05) is 14.1 Å². The summed E-state index contributed by atoms with van der Waals surface area (Å²) < 4.78 is 25.8. The highest BCUT2D eigenvalue weighted by molar-refractivity contribution is 7.87. The number of amidine groups is 1. The first kappa shape index (κ1) is 12.3. The summed E-state index contributed by atoms with van der Waals surface area (Å²) in [5.74, 6) is -0.0225. The first-order chi connectivity index (χ1) is 5.81. The Bertz CT molecular complexity index is 274. The second kappa shape index (κ2) is 4.54. The molecule has 0 aromatic heterocycles. The smallest absolute Gasteiger partial charge is 0.279 e. The lowest BCUT2D eigenvalue weighted by Gasteiger charge is -2.22. The predicted octanol–water partition coefficient (Wildman–Crippen LogP) is -0.903. The number of hydrogen-bond donors (Lipinski definition) is 3. The van der Waals surface area contributed by atoms with E-state index in [1.807, 2.05) is 0 Å². The van der Waals surface area contributed by atoms with Crippen LogP contribution >= 0.6 is 0 Å². The zero-order valence-corrected chi connectivity index (χ0v) is 8.85. The standard InChI is InChI=1S/C6H16N4O2S/c1-5(4-6(7)8)10(3)13(11,12)9-2/h5,9H,4H2,1-3H3,(H3,7,8). The Morgan fingerprint density at radius 2 is 2.15 bits per heavy atom. The van der Waals surface area contributed by atoms with Gasteiger partial charge >= 0.3 is 0 Å². The van der Waals surface area contributed by atoms with E-state index in [0.717, 1.165) is 4.31 Å². The van der Waals surface area contributed by atoms with Crippen molar-refractivity contribution in [3.63, 3.8) is 0 Å². The van der Waals surface area contributed by atoms with Crippen molar-refractivity contribution in [3.8, 4) is 0 Å². The molecule has 0 aromatic carbocycles. The lowest BCUT2D eigenvalue weighted by atomic mass is 10.2. The summed E-state index contributed by atoms with van der Waals surface area (Å²) in [6, 6.07) is -0.310. The van der Waals surface area contributed by atoms with Gasteiger partial charge in [-0.3, -0.25) is 5.41 Å². The van der Waals surface area contributed by atoms with E-state index in [2.05, 4.69) is 4.72 Å². The normalized spacial score (nSPS) is 14.5. The third-order valence-electron chi connectivity index (χ3n) is 1.77. The Kier molecular flexibility index (Phi) is 4.31. The summed E-state index contributed by atoms with van der Waals surface area (Å²) in [5.41, 5.74) is 5.16. The average Bonchev–Trinajstić information content (AvgIpc) is 2.01. The molecule has 0 heterocycles. The molecule has 0 aliphatic heterocycles. The minimum Gasteiger partial charge on any atom is -0.388 e. The third-order valence-corrected chi connectivity index (χ3v) is 3.41. The molecule has 0 aliphatic rings. The Morgan fingerprint density at radius 3 is 2.46 bits per heavy atom. The van der Waals surface area contributed by atoms with Crippen LogP contribution in [0.2, 0.25) is 0 Å². The molecule has 13 heavy (non-hydrogen) atoms. The van der Waals surface area contributed by atoms with Crippen molar-refractivity contribution < 1.29 is 8.42 Å². The minimum absolute atomic E-state index is 0.0225. The van der Waals surface area contributed by atoms with Gasteiger partial charge in [-0.2, -0.15) is 12.7 Å². The molecule has 0 amide bonds. The van der Waals surface area contributed by atoms with Crippen LogP contribution in [-0.4, -0.2) is 38.7 Å². The molecule has 78 valence electrons. The molecule has 1 unspecified atom stereocenters. The number of nitrogens with zero attached hydrogens (tertiary/aromatic N) is 1. The summed E-state index contributed by atoms with van der Waals surface area (Å²) in [5, 5.41) is 7.02. The number of nitrogens with two attached hydrogens (primary N) is 1. The van der Waals surface area contributed by atoms with Crippen LogP contribution in [0.25, 0.3) is 0 Å². The molecule has 0 saturated carbocycles. The lowest BCUT2D eigenvalue weighted by molar-refractivity contribution is 0.391. The minimum atomic E-state index is -3.41. The van der Waals surface area contributed by atoms with E-state index >= 15 is 0 Å². The van der Waals surface area contributed by atoms with Gasteiger partial charge in [0.15, 0.2) is 0 Å². The highest BCUT2D eigenvalue weighted by atomic mass is 32.2. The molecule has 0 rings (SSSR count). The average molecular weight is 208 g/mol. The zero-order chi connectivity index (χ0) is 10.6. The maximum Gasteiger partial charge on any atom is 0.279 e. The van der Waals surface area contributed by atoms with E-state index in [4.69, 9.17) is 11.1 Å². The quantitative estimate of drug-likeness (QED) is 0.403. The second-order valence-electron chi connectivity index (χ2n) is 2.80. The van der Waals surface area contributed by atoms with Crippen molar-refractivity contribution in [2.24, 2.45) is 5.73 Å². The highest BCUT2D eigenvalue weighted by Gasteiger charge is 2.21. The molecule has 0 aliphatic carbocycles. The van der Waals surface area contributed by atoms with E-state index in [1.54, 1.807) is 6.92 Å². The Hall–Kier alpha value is -0.660. The van der Waals surface area contributed by atoms with Gasteiger partial charge in [0, 0.05) is 26.6 Å². The SMILES string of the molecule is CNS(=O)(=O)N(C)C(C)CC(=N)N. The van der Waals surface area contributed by atoms with E-state index in [0.29, 0.717) is 0 Å². The molecular formula is C6H16N4O2S. The van der Waals surface area contributed by atoms with E-state index < -0.39 is 10.2 Å². The van der Waals surface area contributed by atoms with Crippen LogP contribution in [0.3, 0.4) is 0 Å². The maximum atomic E-state index is 11.2. The monoisotopic (exact) mass is 208 g/mol. The lowest BCUT2D eigenvalue weighted by Crippen LogP contribution is -2.42. The maximum absolute atomic E-state index is 11.2. The third kappa shape index (κ3) is 3.71. The molecule has 0 aromatic rings. The van der Waals surface area contributed by atoms with Gasteiger partial charge in [-0.1, -0.05) is 0 Å². The Labute approximate surface area is 78.8 Å². The van der Waals surface area contributed by atoms with Crippen LogP contribution in [0, 0.1) is 5.41 Å². The van der Waals surface area contributed by atoms with Crippen LogP contribution < -0.4 is 10.5 Å². The van der Waals surface area contributed by atoms with Gasteiger partial charge in [0.2, 0.25) is 0 Å². The largest absolute Gasteiger partial charge is 0.388 e. The molecule has 0 bridgehead atoms. The Balaban J connectivity index is 4.43. The van der Waals surface area contributed by atoms with Crippen molar-refractivity contribution in [2.45, 2.75) is 19.4 Å². The number of hydrogen-bond acceptors (Lipinski definition) is 3. The molecule has 7 heteroatoms. The first-order valence-electron chi connectivity index (χ1n) is 3.80. The zero-order valence-electron chi connectivity index (χ0n) is 8.03. The van der Waals surface area contributed by atoms with E-state index in [-0.39, 0.29) is 18.3 Å². The van der Waals surface area contributed by atoms with Gasteiger partial charge in [0.05, 0.1) is 5.84 Å². The summed E-state index contributed by atoms with van der Waals surface area (Å²) >= 11 is 0. The van der Waals surface area contributed by atoms with Crippen molar-refractivity contribution in [3.05, 3.63) is 0 Å². The molecule has 4 N–H and O–H groups in total. The molecule has 0 spiro atoms. The van der Waals surface area contributed by atoms with Crippen LogP contribution in [-0.2, 0) is 10.2 Å². The van der Waals surface area contributed by atoms with Crippen molar-refractivity contribution in [1.29, 1.82) is 5.41 Å². The Morgan fingerprint density at radius 1 is 1.69 bits per heavy atom. The van der Waals surface area contributed by atoms with Gasteiger partial charge < -0.3 is 5.73 Å². The molecule has 0 fully saturated rings. The summed E-state index contributed by atoms with van der Waals surface area (Å²) in [4.78, 5) is 0. The van der Waals surface area contributed by atoms with Crippen molar-refractivity contribution in [1.82, 2.24) is 9.03 Å². The summed E-state index contributed by atoms with van der Waals surface area (Å²) in [6.07, 6.45) is 0.234. The second-order valence-corrected chi connectivity index (χ2v) is 4.74. The van der Waals surface area contributed by atoms with Gasteiger partial charge in [0.1, 0.15) is 0 Å². The highest BCUT2D eigenvalue weighted by Crippen LogP contribution is 2.04. The van der Waals surface area contributed by atoms with Crippen LogP contribution in [0.4, 0.5) is 0 Å². The molecule has 0 radical (unpaired) electrons. The number of rotatable bonds is 5. The van der Waals surface area contributed by atoms with Gasteiger partial charge in [0.25, 0.3) is 10.2 Å². The topological polar surface area (TPSA) is 99.3 Å². The van der Waals surface area contributed by atoms with Gasteiger partial charge in [-0.25, -0.2) is 4.72 Å². The predicted molar refractivity (Wildman–Crippen MR) is 51.7 cm³/mol. The van der Waals surface area contributed by atoms with Crippen LogP contribution in [0.5, 0.6) is 0 Å². The van der Waals surface area contributed by atoms with E-state index in [9.17, 15) is 8.42 Å². The fourth-order valence-electron chi connectivity index (χ4n) is 0.828. The molecule has 0 saturated heterocycles. The summed E-state index contributed by atoms with van der Waals surface area (Å²) in [6.45, 7) is 1.69. The number of nitrogens with one attached hydrogen (secondary N) is 2. The fraction of sp³-hybridized carbons (Fsp3) is 0.833. The molecule has 1 atom stereocenters. The fourth-order valence-corrected chi connectivity index (χ4v) is 1.66. The molecular weight excluding hydrogens is 192 g/mol. The van der Waals surface area contributed by atoms with Crippen molar-refractivity contribution >= 4 is 16.0 Å². The van der Waals surface area contributed by atoms with Crippen LogP contribution in [0.1, 0.15) is 13.3 Å².